The standard InChI is InChI=1S/C14H18N4O2/c15-14-13(16-18-17-14)11-2-1-3-12(8-11)20-9-10-4-6-19-7-5-10/h1-3,8,10H,4-7,9H2,(H3,15,16,17,18). The fourth-order valence-corrected chi connectivity index (χ4v) is 2.31. The second kappa shape index (κ2) is 5.92. The highest BCUT2D eigenvalue weighted by molar-refractivity contribution is 5.70. The molecule has 1 aliphatic rings. The van der Waals surface area contributed by atoms with Crippen LogP contribution < -0.4 is 10.5 Å². The van der Waals surface area contributed by atoms with Crippen molar-refractivity contribution in [3.63, 3.8) is 0 Å². The van der Waals surface area contributed by atoms with Crippen LogP contribution in [-0.2, 0) is 4.74 Å². The molecular weight excluding hydrogens is 256 g/mol. The summed E-state index contributed by atoms with van der Waals surface area (Å²) in [7, 11) is 0. The van der Waals surface area contributed by atoms with Gasteiger partial charge in [0.15, 0.2) is 5.82 Å². The Hall–Kier alpha value is -2.08. The molecule has 0 atom stereocenters. The Morgan fingerprint density at radius 2 is 2.15 bits per heavy atom. The summed E-state index contributed by atoms with van der Waals surface area (Å²) in [6.45, 7) is 2.40. The summed E-state index contributed by atoms with van der Waals surface area (Å²) >= 11 is 0. The molecule has 106 valence electrons. The SMILES string of the molecule is Nc1n[nH]nc1-c1cccc(OCC2CCOCC2)c1. The average molecular weight is 274 g/mol. The van der Waals surface area contributed by atoms with Crippen LogP contribution in [0.2, 0.25) is 0 Å². The summed E-state index contributed by atoms with van der Waals surface area (Å²) in [4.78, 5) is 0. The van der Waals surface area contributed by atoms with Gasteiger partial charge in [-0.1, -0.05) is 12.1 Å². The lowest BCUT2D eigenvalue weighted by Crippen LogP contribution is -2.21. The van der Waals surface area contributed by atoms with E-state index in [9.17, 15) is 0 Å². The van der Waals surface area contributed by atoms with Gasteiger partial charge in [0.2, 0.25) is 0 Å². The summed E-state index contributed by atoms with van der Waals surface area (Å²) in [6, 6.07) is 7.75. The number of nitrogens with one attached hydrogen (secondary N) is 1. The summed E-state index contributed by atoms with van der Waals surface area (Å²) in [5.41, 5.74) is 7.31. The average Bonchev–Trinajstić information content (AvgIpc) is 2.93. The number of H-pyrrole nitrogens is 1. The molecular formula is C14H18N4O2. The van der Waals surface area contributed by atoms with E-state index in [-0.39, 0.29) is 0 Å². The molecule has 0 unspecified atom stereocenters. The number of aromatic nitrogens is 3. The van der Waals surface area contributed by atoms with Crippen molar-refractivity contribution in [1.29, 1.82) is 0 Å². The minimum absolute atomic E-state index is 0.395. The lowest BCUT2D eigenvalue weighted by atomic mass is 10.0. The number of rotatable bonds is 4. The Kier molecular flexibility index (Phi) is 3.83. The molecule has 2 heterocycles. The zero-order valence-corrected chi connectivity index (χ0v) is 11.2. The van der Waals surface area contributed by atoms with E-state index >= 15 is 0 Å². The molecule has 0 spiro atoms. The van der Waals surface area contributed by atoms with Gasteiger partial charge in [0.05, 0.1) is 6.61 Å². The van der Waals surface area contributed by atoms with Gasteiger partial charge in [-0.15, -0.1) is 5.10 Å². The molecule has 3 rings (SSSR count). The van der Waals surface area contributed by atoms with Crippen molar-refractivity contribution >= 4 is 5.82 Å². The zero-order chi connectivity index (χ0) is 13.8. The van der Waals surface area contributed by atoms with Crippen LogP contribution in [0.25, 0.3) is 11.3 Å². The number of nitrogen functional groups attached to an aromatic ring is 1. The molecule has 0 bridgehead atoms. The highest BCUT2D eigenvalue weighted by Gasteiger charge is 2.14. The van der Waals surface area contributed by atoms with Crippen LogP contribution in [0.1, 0.15) is 12.8 Å². The van der Waals surface area contributed by atoms with Gasteiger partial charge in [-0.2, -0.15) is 10.3 Å². The van der Waals surface area contributed by atoms with E-state index in [0.29, 0.717) is 17.4 Å². The van der Waals surface area contributed by atoms with Crippen molar-refractivity contribution in [2.24, 2.45) is 5.92 Å². The van der Waals surface area contributed by atoms with Crippen LogP contribution in [-0.4, -0.2) is 35.2 Å². The van der Waals surface area contributed by atoms with Gasteiger partial charge in [0.1, 0.15) is 11.4 Å². The van der Waals surface area contributed by atoms with Gasteiger partial charge in [-0.3, -0.25) is 0 Å². The Bertz CT molecular complexity index is 564. The summed E-state index contributed by atoms with van der Waals surface area (Å²) in [6.07, 6.45) is 2.13. The third-order valence-corrected chi connectivity index (χ3v) is 3.51. The summed E-state index contributed by atoms with van der Waals surface area (Å²) in [5.74, 6) is 1.80. The maximum Gasteiger partial charge on any atom is 0.173 e. The number of hydrogen-bond acceptors (Lipinski definition) is 5. The Balaban J connectivity index is 1.67. The molecule has 20 heavy (non-hydrogen) atoms. The van der Waals surface area contributed by atoms with Gasteiger partial charge in [-0.25, -0.2) is 0 Å². The minimum Gasteiger partial charge on any atom is -0.493 e. The van der Waals surface area contributed by atoms with E-state index in [1.54, 1.807) is 0 Å². The highest BCUT2D eigenvalue weighted by Crippen LogP contribution is 2.26. The first-order chi connectivity index (χ1) is 9.83. The summed E-state index contributed by atoms with van der Waals surface area (Å²) in [5, 5.41) is 10.4. The van der Waals surface area contributed by atoms with Crippen molar-refractivity contribution in [1.82, 2.24) is 15.4 Å². The van der Waals surface area contributed by atoms with E-state index in [1.807, 2.05) is 24.3 Å². The number of nitrogens with zero attached hydrogens (tertiary/aromatic N) is 2. The van der Waals surface area contributed by atoms with Crippen LogP contribution in [0, 0.1) is 5.92 Å². The quantitative estimate of drug-likeness (QED) is 0.888. The lowest BCUT2D eigenvalue weighted by molar-refractivity contribution is 0.0497. The first kappa shape index (κ1) is 12.9. The molecule has 0 amide bonds. The normalized spacial score (nSPS) is 16.2. The number of ether oxygens (including phenoxy) is 2. The number of aromatic amines is 1. The molecule has 6 heteroatoms. The van der Waals surface area contributed by atoms with Crippen molar-refractivity contribution in [2.45, 2.75) is 12.8 Å². The Morgan fingerprint density at radius 3 is 2.90 bits per heavy atom. The van der Waals surface area contributed by atoms with E-state index in [2.05, 4.69) is 15.4 Å². The van der Waals surface area contributed by atoms with Crippen LogP contribution >= 0.6 is 0 Å². The zero-order valence-electron chi connectivity index (χ0n) is 11.2. The topological polar surface area (TPSA) is 86.1 Å². The summed E-state index contributed by atoms with van der Waals surface area (Å²) < 4.78 is 11.2. The van der Waals surface area contributed by atoms with Crippen LogP contribution in [0.3, 0.4) is 0 Å². The second-order valence-corrected chi connectivity index (χ2v) is 4.95. The van der Waals surface area contributed by atoms with E-state index < -0.39 is 0 Å². The Labute approximate surface area is 117 Å². The third-order valence-electron chi connectivity index (χ3n) is 3.51. The number of anilines is 1. The molecule has 6 nitrogen and oxygen atoms in total. The smallest absolute Gasteiger partial charge is 0.173 e. The fraction of sp³-hybridized carbons (Fsp3) is 0.429. The van der Waals surface area contributed by atoms with Crippen molar-refractivity contribution < 1.29 is 9.47 Å². The molecule has 2 aromatic rings. The van der Waals surface area contributed by atoms with Crippen molar-refractivity contribution in [3.8, 4) is 17.0 Å². The predicted molar refractivity (Wildman–Crippen MR) is 75.3 cm³/mol. The first-order valence-electron chi connectivity index (χ1n) is 6.80. The van der Waals surface area contributed by atoms with Gasteiger partial charge in [-0.05, 0) is 30.9 Å². The van der Waals surface area contributed by atoms with Crippen LogP contribution in [0.5, 0.6) is 5.75 Å². The third kappa shape index (κ3) is 2.91. The minimum atomic E-state index is 0.395. The van der Waals surface area contributed by atoms with E-state index in [4.69, 9.17) is 15.2 Å². The van der Waals surface area contributed by atoms with Crippen LogP contribution in [0.4, 0.5) is 5.82 Å². The fourth-order valence-electron chi connectivity index (χ4n) is 2.31. The largest absolute Gasteiger partial charge is 0.493 e. The second-order valence-electron chi connectivity index (χ2n) is 4.95. The Morgan fingerprint density at radius 1 is 1.30 bits per heavy atom. The number of benzene rings is 1. The van der Waals surface area contributed by atoms with Crippen molar-refractivity contribution in [3.05, 3.63) is 24.3 Å². The molecule has 1 aromatic carbocycles. The van der Waals surface area contributed by atoms with E-state index in [0.717, 1.165) is 44.0 Å². The first-order valence-corrected chi connectivity index (χ1v) is 6.80. The molecule has 0 saturated carbocycles. The number of hydrogen-bond donors (Lipinski definition) is 2. The lowest BCUT2D eigenvalue weighted by Gasteiger charge is -2.22. The number of nitrogens with two attached hydrogens (primary N) is 1. The van der Waals surface area contributed by atoms with Gasteiger partial charge in [0.25, 0.3) is 0 Å². The monoisotopic (exact) mass is 274 g/mol. The molecule has 1 saturated heterocycles. The highest BCUT2D eigenvalue weighted by atomic mass is 16.5. The molecule has 1 aromatic heterocycles. The maximum absolute atomic E-state index is 5.87. The molecule has 3 N–H and O–H groups in total. The molecule has 1 fully saturated rings. The van der Waals surface area contributed by atoms with Gasteiger partial charge in [0, 0.05) is 18.8 Å². The molecule has 1 aliphatic heterocycles. The predicted octanol–water partition coefficient (Wildman–Crippen LogP) is 1.86. The van der Waals surface area contributed by atoms with E-state index in [1.165, 1.54) is 0 Å². The molecule has 0 aliphatic carbocycles. The van der Waals surface area contributed by atoms with Crippen molar-refractivity contribution in [2.75, 3.05) is 25.6 Å². The van der Waals surface area contributed by atoms with Gasteiger partial charge < -0.3 is 15.2 Å². The maximum atomic E-state index is 5.87. The van der Waals surface area contributed by atoms with Gasteiger partial charge >= 0.3 is 0 Å². The van der Waals surface area contributed by atoms with Crippen LogP contribution in [0.15, 0.2) is 24.3 Å². The molecule has 0 radical (unpaired) electrons.